The van der Waals surface area contributed by atoms with Crippen molar-refractivity contribution >= 4 is 5.69 Å². The molecule has 1 aromatic rings. The molecule has 1 saturated heterocycles. The third-order valence-corrected chi connectivity index (χ3v) is 3.88. The number of ether oxygens (including phenoxy) is 1. The molecule has 16 heavy (non-hydrogen) atoms. The Labute approximate surface area is 96.2 Å². The summed E-state index contributed by atoms with van der Waals surface area (Å²) in [4.78, 5) is 2.46. The van der Waals surface area contributed by atoms with E-state index >= 15 is 0 Å². The summed E-state index contributed by atoms with van der Waals surface area (Å²) in [5.41, 5.74) is 8.88. The monoisotopic (exact) mass is 218 g/mol. The van der Waals surface area contributed by atoms with Crippen LogP contribution in [0.5, 0.6) is 5.75 Å². The van der Waals surface area contributed by atoms with E-state index in [1.165, 1.54) is 17.7 Å². The Bertz CT molecular complexity index is 405. The van der Waals surface area contributed by atoms with Gasteiger partial charge in [-0.25, -0.2) is 0 Å². The van der Waals surface area contributed by atoms with E-state index in [9.17, 15) is 0 Å². The number of piperidine rings is 1. The van der Waals surface area contributed by atoms with E-state index in [2.05, 4.69) is 17.0 Å². The van der Waals surface area contributed by atoms with Gasteiger partial charge in [0.15, 0.2) is 0 Å². The van der Waals surface area contributed by atoms with E-state index in [1.807, 2.05) is 6.07 Å². The van der Waals surface area contributed by atoms with Gasteiger partial charge in [0, 0.05) is 29.9 Å². The van der Waals surface area contributed by atoms with Crippen LogP contribution < -0.4 is 15.4 Å². The SMILES string of the molecule is COc1cccc2c1CC1C(N)CCCN21. The maximum absolute atomic E-state index is 6.21. The smallest absolute Gasteiger partial charge is 0.124 e. The van der Waals surface area contributed by atoms with Gasteiger partial charge in [-0.15, -0.1) is 0 Å². The highest BCUT2D eigenvalue weighted by Gasteiger charge is 2.37. The molecule has 86 valence electrons. The van der Waals surface area contributed by atoms with Crippen molar-refractivity contribution in [2.75, 3.05) is 18.6 Å². The van der Waals surface area contributed by atoms with Gasteiger partial charge in [0.05, 0.1) is 7.11 Å². The fourth-order valence-corrected chi connectivity index (χ4v) is 3.08. The highest BCUT2D eigenvalue weighted by Crippen LogP contribution is 2.40. The average molecular weight is 218 g/mol. The van der Waals surface area contributed by atoms with Gasteiger partial charge in [-0.1, -0.05) is 6.07 Å². The highest BCUT2D eigenvalue weighted by molar-refractivity contribution is 5.65. The molecule has 2 aliphatic heterocycles. The van der Waals surface area contributed by atoms with Crippen LogP contribution in [-0.2, 0) is 6.42 Å². The van der Waals surface area contributed by atoms with E-state index in [1.54, 1.807) is 7.11 Å². The Morgan fingerprint density at radius 3 is 3.12 bits per heavy atom. The predicted molar refractivity (Wildman–Crippen MR) is 65.0 cm³/mol. The topological polar surface area (TPSA) is 38.5 Å². The first-order valence-electron chi connectivity index (χ1n) is 5.99. The fraction of sp³-hybridized carbons (Fsp3) is 0.538. The van der Waals surface area contributed by atoms with Gasteiger partial charge in [-0.05, 0) is 31.4 Å². The van der Waals surface area contributed by atoms with E-state index < -0.39 is 0 Å². The molecule has 0 radical (unpaired) electrons. The summed E-state index contributed by atoms with van der Waals surface area (Å²) in [5, 5.41) is 0. The van der Waals surface area contributed by atoms with E-state index in [0.29, 0.717) is 12.1 Å². The van der Waals surface area contributed by atoms with Gasteiger partial charge in [0.1, 0.15) is 5.75 Å². The van der Waals surface area contributed by atoms with Gasteiger partial charge in [-0.2, -0.15) is 0 Å². The molecule has 2 heterocycles. The van der Waals surface area contributed by atoms with Crippen LogP contribution in [0.2, 0.25) is 0 Å². The van der Waals surface area contributed by atoms with Crippen LogP contribution in [-0.4, -0.2) is 25.7 Å². The zero-order valence-electron chi connectivity index (χ0n) is 9.65. The van der Waals surface area contributed by atoms with Crippen molar-refractivity contribution < 1.29 is 4.74 Å². The zero-order valence-corrected chi connectivity index (χ0v) is 9.65. The van der Waals surface area contributed by atoms with E-state index in [0.717, 1.165) is 25.1 Å². The van der Waals surface area contributed by atoms with Crippen molar-refractivity contribution in [3.8, 4) is 5.75 Å². The van der Waals surface area contributed by atoms with Gasteiger partial charge in [-0.3, -0.25) is 0 Å². The number of methoxy groups -OCH3 is 1. The molecule has 0 saturated carbocycles. The van der Waals surface area contributed by atoms with Crippen LogP contribution in [0.15, 0.2) is 18.2 Å². The molecule has 2 aliphatic rings. The number of anilines is 1. The van der Waals surface area contributed by atoms with Crippen molar-refractivity contribution in [2.24, 2.45) is 5.73 Å². The molecule has 3 nitrogen and oxygen atoms in total. The van der Waals surface area contributed by atoms with E-state index in [-0.39, 0.29) is 0 Å². The van der Waals surface area contributed by atoms with Gasteiger partial charge in [0.2, 0.25) is 0 Å². The molecular weight excluding hydrogens is 200 g/mol. The molecule has 0 bridgehead atoms. The van der Waals surface area contributed by atoms with E-state index in [4.69, 9.17) is 10.5 Å². The molecular formula is C13H18N2O. The maximum Gasteiger partial charge on any atom is 0.124 e. The lowest BCUT2D eigenvalue weighted by Crippen LogP contribution is -2.50. The third-order valence-electron chi connectivity index (χ3n) is 3.88. The molecule has 2 atom stereocenters. The molecule has 0 spiro atoms. The number of nitrogens with zero attached hydrogens (tertiary/aromatic N) is 1. The highest BCUT2D eigenvalue weighted by atomic mass is 16.5. The predicted octanol–water partition coefficient (Wildman–Crippen LogP) is 1.55. The van der Waals surface area contributed by atoms with Gasteiger partial charge < -0.3 is 15.4 Å². The Kier molecular flexibility index (Phi) is 2.28. The quantitative estimate of drug-likeness (QED) is 0.777. The summed E-state index contributed by atoms with van der Waals surface area (Å²) in [6.45, 7) is 1.14. The Balaban J connectivity index is 2.02. The molecule has 2 N–H and O–H groups in total. The zero-order chi connectivity index (χ0) is 11.1. The van der Waals surface area contributed by atoms with Crippen LogP contribution in [0.25, 0.3) is 0 Å². The Hall–Kier alpha value is -1.22. The molecule has 3 rings (SSSR count). The second kappa shape index (κ2) is 3.67. The second-order valence-corrected chi connectivity index (χ2v) is 4.73. The van der Waals surface area contributed by atoms with Crippen LogP contribution in [0.4, 0.5) is 5.69 Å². The number of hydrogen-bond acceptors (Lipinski definition) is 3. The number of hydrogen-bond donors (Lipinski definition) is 1. The minimum Gasteiger partial charge on any atom is -0.496 e. The summed E-state index contributed by atoms with van der Waals surface area (Å²) in [6.07, 6.45) is 3.40. The number of benzene rings is 1. The lowest BCUT2D eigenvalue weighted by molar-refractivity contribution is 0.400. The summed E-state index contributed by atoms with van der Waals surface area (Å²) in [5.74, 6) is 1.01. The maximum atomic E-state index is 6.21. The molecule has 0 aromatic heterocycles. The fourth-order valence-electron chi connectivity index (χ4n) is 3.08. The first-order valence-corrected chi connectivity index (χ1v) is 5.99. The van der Waals surface area contributed by atoms with Crippen LogP contribution in [0.3, 0.4) is 0 Å². The lowest BCUT2D eigenvalue weighted by atomic mass is 9.96. The summed E-state index contributed by atoms with van der Waals surface area (Å²) in [7, 11) is 1.74. The minimum atomic E-state index is 0.311. The number of nitrogens with two attached hydrogens (primary N) is 1. The van der Waals surface area contributed by atoms with Gasteiger partial charge in [0.25, 0.3) is 0 Å². The summed E-state index contributed by atoms with van der Waals surface area (Å²) < 4.78 is 5.43. The van der Waals surface area contributed by atoms with Crippen molar-refractivity contribution in [3.63, 3.8) is 0 Å². The van der Waals surface area contributed by atoms with Crippen LogP contribution in [0, 0.1) is 0 Å². The minimum absolute atomic E-state index is 0.311. The third kappa shape index (κ3) is 1.31. The molecule has 1 aromatic carbocycles. The Morgan fingerprint density at radius 1 is 1.44 bits per heavy atom. The van der Waals surface area contributed by atoms with Crippen molar-refractivity contribution in [2.45, 2.75) is 31.3 Å². The standard InChI is InChI=1S/C13H18N2O/c1-16-13-6-2-5-11-9(13)8-12-10(14)4-3-7-15(11)12/h2,5-6,10,12H,3-4,7-8,14H2,1H3. The van der Waals surface area contributed by atoms with Crippen molar-refractivity contribution in [1.82, 2.24) is 0 Å². The van der Waals surface area contributed by atoms with Gasteiger partial charge >= 0.3 is 0 Å². The first-order chi connectivity index (χ1) is 7.81. The normalized spacial score (nSPS) is 27.5. The molecule has 1 fully saturated rings. The second-order valence-electron chi connectivity index (χ2n) is 4.73. The molecule has 2 unspecified atom stereocenters. The number of rotatable bonds is 1. The van der Waals surface area contributed by atoms with Crippen LogP contribution in [0.1, 0.15) is 18.4 Å². The summed E-state index contributed by atoms with van der Waals surface area (Å²) in [6, 6.07) is 7.10. The lowest BCUT2D eigenvalue weighted by Gasteiger charge is -2.36. The Morgan fingerprint density at radius 2 is 2.31 bits per heavy atom. The average Bonchev–Trinajstić information content (AvgIpc) is 2.69. The largest absolute Gasteiger partial charge is 0.496 e. The molecule has 0 aliphatic carbocycles. The first kappa shape index (κ1) is 9.97. The molecule has 0 amide bonds. The molecule has 3 heteroatoms. The number of fused-ring (bicyclic) bond motifs is 3. The van der Waals surface area contributed by atoms with Crippen molar-refractivity contribution in [3.05, 3.63) is 23.8 Å². The summed E-state index contributed by atoms with van der Waals surface area (Å²) >= 11 is 0. The van der Waals surface area contributed by atoms with Crippen molar-refractivity contribution in [1.29, 1.82) is 0 Å². The van der Waals surface area contributed by atoms with Crippen LogP contribution >= 0.6 is 0 Å².